The van der Waals surface area contributed by atoms with E-state index in [2.05, 4.69) is 5.43 Å². The van der Waals surface area contributed by atoms with Crippen molar-refractivity contribution in [1.82, 2.24) is 5.01 Å². The second kappa shape index (κ2) is 3.87. The lowest BCUT2D eigenvalue weighted by atomic mass is 10.2. The Bertz CT molecular complexity index is 341. The van der Waals surface area contributed by atoms with Gasteiger partial charge in [0, 0.05) is 14.1 Å². The normalized spacial score (nSPS) is 9.77. The van der Waals surface area contributed by atoms with Gasteiger partial charge < -0.3 is 5.43 Å². The maximum absolute atomic E-state index is 12.7. The lowest BCUT2D eigenvalue weighted by molar-refractivity contribution is 0.495. The Morgan fingerprint density at radius 1 is 1.46 bits per heavy atom. The minimum atomic E-state index is -0.402. The summed E-state index contributed by atoms with van der Waals surface area (Å²) in [5, 5.41) is 10.4. The Kier molecular flexibility index (Phi) is 2.83. The topological polar surface area (TPSA) is 39.1 Å². The first-order valence-corrected chi connectivity index (χ1v) is 3.77. The van der Waals surface area contributed by atoms with Gasteiger partial charge in [-0.05, 0) is 18.2 Å². The molecule has 68 valence electrons. The van der Waals surface area contributed by atoms with Gasteiger partial charge in [-0.25, -0.2) is 9.40 Å². The zero-order valence-electron chi connectivity index (χ0n) is 7.50. The van der Waals surface area contributed by atoms with Gasteiger partial charge in [0.15, 0.2) is 0 Å². The predicted molar refractivity (Wildman–Crippen MR) is 48.4 cm³/mol. The largest absolute Gasteiger partial charge is 0.318 e. The molecule has 4 heteroatoms. The molecule has 0 saturated carbocycles. The van der Waals surface area contributed by atoms with Gasteiger partial charge in [0.05, 0.1) is 11.3 Å². The molecule has 0 amide bonds. The summed E-state index contributed by atoms with van der Waals surface area (Å²) in [7, 11) is 3.59. The molecule has 0 radical (unpaired) electrons. The highest BCUT2D eigenvalue weighted by molar-refractivity contribution is 5.56. The van der Waals surface area contributed by atoms with E-state index in [0.29, 0.717) is 11.3 Å². The molecule has 0 fully saturated rings. The number of hydrazine groups is 1. The molecule has 1 rings (SSSR count). The maximum Gasteiger partial charge on any atom is 0.124 e. The summed E-state index contributed by atoms with van der Waals surface area (Å²) < 4.78 is 12.7. The van der Waals surface area contributed by atoms with Crippen LogP contribution in [-0.2, 0) is 0 Å². The molecule has 0 heterocycles. The Balaban J connectivity index is 3.01. The summed E-state index contributed by atoms with van der Waals surface area (Å²) in [6.45, 7) is 0. The van der Waals surface area contributed by atoms with Crippen molar-refractivity contribution in [3.63, 3.8) is 0 Å². The highest BCUT2D eigenvalue weighted by atomic mass is 19.1. The maximum atomic E-state index is 12.7. The Labute approximate surface area is 76.4 Å². The number of hydrogen-bond acceptors (Lipinski definition) is 3. The van der Waals surface area contributed by atoms with Gasteiger partial charge in [0.25, 0.3) is 0 Å². The summed E-state index contributed by atoms with van der Waals surface area (Å²) in [6.07, 6.45) is 0. The molecule has 0 aliphatic carbocycles. The number of benzene rings is 1. The number of anilines is 1. The number of hydrogen-bond donors (Lipinski definition) is 1. The monoisotopic (exact) mass is 179 g/mol. The second-order valence-corrected chi connectivity index (χ2v) is 2.81. The molecular weight excluding hydrogens is 169 g/mol. The fourth-order valence-corrected chi connectivity index (χ4v) is 0.947. The molecule has 1 N–H and O–H groups in total. The van der Waals surface area contributed by atoms with E-state index in [9.17, 15) is 4.39 Å². The van der Waals surface area contributed by atoms with Crippen molar-refractivity contribution in [1.29, 1.82) is 5.26 Å². The third-order valence-electron chi connectivity index (χ3n) is 1.45. The fraction of sp³-hybridized carbons (Fsp3) is 0.222. The number of rotatable bonds is 2. The van der Waals surface area contributed by atoms with E-state index in [-0.39, 0.29) is 0 Å². The van der Waals surface area contributed by atoms with E-state index in [0.717, 1.165) is 0 Å². The van der Waals surface area contributed by atoms with Crippen LogP contribution in [0.4, 0.5) is 10.1 Å². The Morgan fingerprint density at radius 2 is 2.15 bits per heavy atom. The van der Waals surface area contributed by atoms with Gasteiger partial charge in [-0.1, -0.05) is 0 Å². The van der Waals surface area contributed by atoms with Gasteiger partial charge in [-0.15, -0.1) is 0 Å². The standard InChI is InChI=1S/C9H10FN3/c1-13(2)12-9-4-3-8(10)5-7(9)6-11/h3-5,12H,1-2H3. The molecule has 0 aliphatic heterocycles. The number of nitriles is 1. The van der Waals surface area contributed by atoms with Crippen molar-refractivity contribution in [3.05, 3.63) is 29.6 Å². The molecular formula is C9H10FN3. The third kappa shape index (κ3) is 2.42. The van der Waals surface area contributed by atoms with Crippen LogP contribution in [0.25, 0.3) is 0 Å². The van der Waals surface area contributed by atoms with Crippen LogP contribution in [-0.4, -0.2) is 19.1 Å². The average Bonchev–Trinajstić information content (AvgIpc) is 2.07. The molecule has 0 aromatic heterocycles. The molecule has 0 saturated heterocycles. The zero-order chi connectivity index (χ0) is 9.84. The van der Waals surface area contributed by atoms with Crippen molar-refractivity contribution in [2.75, 3.05) is 19.5 Å². The van der Waals surface area contributed by atoms with Crippen LogP contribution in [0.15, 0.2) is 18.2 Å². The van der Waals surface area contributed by atoms with Crippen LogP contribution in [0.1, 0.15) is 5.56 Å². The first-order chi connectivity index (χ1) is 6.13. The lowest BCUT2D eigenvalue weighted by Crippen LogP contribution is -2.20. The third-order valence-corrected chi connectivity index (χ3v) is 1.45. The molecule has 0 atom stereocenters. The van der Waals surface area contributed by atoms with Crippen LogP contribution in [0.2, 0.25) is 0 Å². The first kappa shape index (κ1) is 9.49. The van der Waals surface area contributed by atoms with Crippen LogP contribution < -0.4 is 5.43 Å². The average molecular weight is 179 g/mol. The smallest absolute Gasteiger partial charge is 0.124 e. The SMILES string of the molecule is CN(C)Nc1ccc(F)cc1C#N. The molecule has 13 heavy (non-hydrogen) atoms. The number of nitrogens with one attached hydrogen (secondary N) is 1. The van der Waals surface area contributed by atoms with Crippen molar-refractivity contribution < 1.29 is 4.39 Å². The molecule has 3 nitrogen and oxygen atoms in total. The lowest BCUT2D eigenvalue weighted by Gasteiger charge is -2.14. The first-order valence-electron chi connectivity index (χ1n) is 3.77. The van der Waals surface area contributed by atoms with Gasteiger partial charge in [0.2, 0.25) is 0 Å². The summed E-state index contributed by atoms with van der Waals surface area (Å²) in [5.74, 6) is -0.402. The summed E-state index contributed by atoms with van der Waals surface area (Å²) >= 11 is 0. The van der Waals surface area contributed by atoms with Gasteiger partial charge in [0.1, 0.15) is 11.9 Å². The van der Waals surface area contributed by atoms with Crippen LogP contribution in [0, 0.1) is 17.1 Å². The van der Waals surface area contributed by atoms with Crippen molar-refractivity contribution in [3.8, 4) is 6.07 Å². The van der Waals surface area contributed by atoms with Crippen molar-refractivity contribution in [2.24, 2.45) is 0 Å². The quantitative estimate of drug-likeness (QED) is 0.700. The summed E-state index contributed by atoms with van der Waals surface area (Å²) in [4.78, 5) is 0. The van der Waals surface area contributed by atoms with Crippen LogP contribution in [0.3, 0.4) is 0 Å². The number of halogens is 1. The van der Waals surface area contributed by atoms with E-state index in [1.165, 1.54) is 18.2 Å². The molecule has 0 aliphatic rings. The summed E-state index contributed by atoms with van der Waals surface area (Å²) in [6, 6.07) is 5.96. The minimum Gasteiger partial charge on any atom is -0.318 e. The van der Waals surface area contributed by atoms with Gasteiger partial charge in [-0.3, -0.25) is 0 Å². The van der Waals surface area contributed by atoms with E-state index < -0.39 is 5.82 Å². The van der Waals surface area contributed by atoms with Crippen molar-refractivity contribution >= 4 is 5.69 Å². The second-order valence-electron chi connectivity index (χ2n) is 2.81. The molecule has 0 spiro atoms. The Morgan fingerprint density at radius 3 is 2.69 bits per heavy atom. The van der Waals surface area contributed by atoms with Gasteiger partial charge >= 0.3 is 0 Å². The highest BCUT2D eigenvalue weighted by Gasteiger charge is 2.02. The van der Waals surface area contributed by atoms with Crippen LogP contribution in [0.5, 0.6) is 0 Å². The molecule has 0 bridgehead atoms. The minimum absolute atomic E-state index is 0.300. The predicted octanol–water partition coefficient (Wildman–Crippen LogP) is 1.59. The van der Waals surface area contributed by atoms with Gasteiger partial charge in [-0.2, -0.15) is 5.26 Å². The molecule has 1 aromatic carbocycles. The summed E-state index contributed by atoms with van der Waals surface area (Å²) in [5.41, 5.74) is 3.80. The fourth-order valence-electron chi connectivity index (χ4n) is 0.947. The zero-order valence-corrected chi connectivity index (χ0v) is 7.50. The van der Waals surface area contributed by atoms with E-state index >= 15 is 0 Å². The Hall–Kier alpha value is -1.60. The van der Waals surface area contributed by atoms with E-state index in [1.807, 2.05) is 6.07 Å². The van der Waals surface area contributed by atoms with Crippen LogP contribution >= 0.6 is 0 Å². The highest BCUT2D eigenvalue weighted by Crippen LogP contribution is 2.15. The molecule has 0 unspecified atom stereocenters. The van der Waals surface area contributed by atoms with E-state index in [4.69, 9.17) is 5.26 Å². The molecule has 1 aromatic rings. The van der Waals surface area contributed by atoms with E-state index in [1.54, 1.807) is 19.1 Å². The number of nitrogens with zero attached hydrogens (tertiary/aromatic N) is 2. The van der Waals surface area contributed by atoms with Crippen molar-refractivity contribution in [2.45, 2.75) is 0 Å².